The quantitative estimate of drug-likeness (QED) is 0.419. The Balaban J connectivity index is 1.88. The summed E-state index contributed by atoms with van der Waals surface area (Å²) < 4.78 is 20.4. The lowest BCUT2D eigenvalue weighted by atomic mass is 10.1. The molecular weight excluding hydrogens is 378 g/mol. The zero-order valence-electron chi connectivity index (χ0n) is 16.3. The van der Waals surface area contributed by atoms with Crippen LogP contribution in [0.3, 0.4) is 0 Å². The van der Waals surface area contributed by atoms with Crippen LogP contribution in [-0.2, 0) is 20.5 Å². The van der Waals surface area contributed by atoms with Crippen molar-refractivity contribution >= 4 is 28.7 Å². The van der Waals surface area contributed by atoms with Crippen molar-refractivity contribution in [1.29, 1.82) is 0 Å². The number of nitrogens with zero attached hydrogens (tertiary/aromatic N) is 1. The van der Waals surface area contributed by atoms with Gasteiger partial charge in [-0.05, 0) is 63.8 Å². The van der Waals surface area contributed by atoms with Crippen LogP contribution in [0.15, 0.2) is 58.3 Å². The molecule has 1 aliphatic rings. The molecule has 0 aliphatic carbocycles. The third-order valence-electron chi connectivity index (χ3n) is 4.28. The molecular formula is C21H25NO3S2. The van der Waals surface area contributed by atoms with Crippen LogP contribution >= 0.6 is 11.8 Å². The Morgan fingerprint density at radius 1 is 1.07 bits per heavy atom. The number of hydrogen-bond donors (Lipinski definition) is 0. The fourth-order valence-electron chi connectivity index (χ4n) is 2.92. The molecule has 3 rings (SSSR count). The summed E-state index contributed by atoms with van der Waals surface area (Å²) in [6, 6.07) is 14.8. The van der Waals surface area contributed by atoms with Crippen molar-refractivity contribution in [3.05, 3.63) is 59.7 Å². The number of carbonyl (C=O) groups is 1. The largest absolute Gasteiger partial charge is 0.459 e. The molecule has 0 saturated carbocycles. The van der Waals surface area contributed by atoms with Gasteiger partial charge in [0.2, 0.25) is 0 Å². The molecule has 1 aliphatic heterocycles. The zero-order valence-corrected chi connectivity index (χ0v) is 17.9. The van der Waals surface area contributed by atoms with Gasteiger partial charge in [0.1, 0.15) is 22.6 Å². The molecule has 27 heavy (non-hydrogen) atoms. The van der Waals surface area contributed by atoms with Crippen molar-refractivity contribution < 1.29 is 13.7 Å². The van der Waals surface area contributed by atoms with Gasteiger partial charge >= 0.3 is 5.97 Å². The number of carbonyl (C=O) groups excluding carboxylic acids is 1. The molecule has 4 atom stereocenters. The summed E-state index contributed by atoms with van der Waals surface area (Å²) in [5, 5.41) is 0. The maximum absolute atomic E-state index is 13.1. The second kappa shape index (κ2) is 7.78. The third-order valence-corrected chi connectivity index (χ3v) is 6.53. The Bertz CT molecular complexity index is 841. The fraction of sp³-hybridized carbons (Fsp3) is 0.381. The summed E-state index contributed by atoms with van der Waals surface area (Å²) in [7, 11) is -1.42. The molecule has 0 aromatic heterocycles. The molecule has 0 amide bonds. The molecule has 0 spiro atoms. The first-order valence-corrected chi connectivity index (χ1v) is 11.2. The molecule has 4 nitrogen and oxygen atoms in total. The smallest absolute Gasteiger partial charge is 0.326 e. The lowest BCUT2D eigenvalue weighted by Gasteiger charge is -2.19. The van der Waals surface area contributed by atoms with E-state index in [0.29, 0.717) is 4.90 Å². The van der Waals surface area contributed by atoms with Gasteiger partial charge in [-0.1, -0.05) is 29.8 Å². The summed E-state index contributed by atoms with van der Waals surface area (Å²) in [5.41, 5.74) is 1.50. The highest BCUT2D eigenvalue weighted by molar-refractivity contribution is 7.98. The molecule has 0 N–H and O–H groups in total. The third kappa shape index (κ3) is 4.62. The topological polar surface area (TPSA) is 46.4 Å². The average Bonchev–Trinajstić information content (AvgIpc) is 3.36. The van der Waals surface area contributed by atoms with Crippen molar-refractivity contribution in [3.8, 4) is 0 Å². The molecule has 1 saturated heterocycles. The Kier molecular flexibility index (Phi) is 5.79. The number of rotatable bonds is 5. The molecule has 2 unspecified atom stereocenters. The van der Waals surface area contributed by atoms with Gasteiger partial charge in [0, 0.05) is 4.90 Å². The van der Waals surface area contributed by atoms with Crippen LogP contribution in [0.4, 0.5) is 0 Å². The van der Waals surface area contributed by atoms with Gasteiger partial charge in [-0.2, -0.15) is 4.31 Å². The first-order chi connectivity index (χ1) is 12.7. The molecule has 2 aromatic rings. The van der Waals surface area contributed by atoms with Gasteiger partial charge < -0.3 is 4.74 Å². The van der Waals surface area contributed by atoms with E-state index >= 15 is 0 Å². The van der Waals surface area contributed by atoms with E-state index in [4.69, 9.17) is 4.74 Å². The predicted molar refractivity (Wildman–Crippen MR) is 110 cm³/mol. The van der Waals surface area contributed by atoms with E-state index in [-0.39, 0.29) is 12.0 Å². The van der Waals surface area contributed by atoms with Crippen LogP contribution < -0.4 is 0 Å². The first-order valence-electron chi connectivity index (χ1n) is 8.85. The molecule has 0 radical (unpaired) electrons. The van der Waals surface area contributed by atoms with Gasteiger partial charge in [0.05, 0.1) is 10.9 Å². The van der Waals surface area contributed by atoms with Crippen LogP contribution in [0.5, 0.6) is 0 Å². The molecule has 2 aromatic carbocycles. The van der Waals surface area contributed by atoms with Crippen molar-refractivity contribution in [2.75, 3.05) is 6.26 Å². The first kappa shape index (κ1) is 20.1. The average molecular weight is 404 g/mol. The minimum absolute atomic E-state index is 0.238. The Morgan fingerprint density at radius 2 is 1.67 bits per heavy atom. The number of benzene rings is 2. The standard InChI is InChI=1S/C21H25NO3S2/c1-14-6-12-17(13-7-14)27(24)22-18(15-8-10-16(26-5)11-9-15)19(22)20(23)25-21(2,3)4/h6-13,18-19H,1-5H3/t18-,19+,22?,27?/m1/s1. The van der Waals surface area contributed by atoms with Crippen LogP contribution in [0, 0.1) is 6.92 Å². The molecule has 1 fully saturated rings. The lowest BCUT2D eigenvalue weighted by Crippen LogP contribution is -2.28. The highest BCUT2D eigenvalue weighted by Gasteiger charge is 2.58. The summed E-state index contributed by atoms with van der Waals surface area (Å²) in [6.45, 7) is 7.52. The van der Waals surface area contributed by atoms with Crippen LogP contribution in [0.2, 0.25) is 0 Å². The zero-order chi connectivity index (χ0) is 19.8. The summed E-state index contributed by atoms with van der Waals surface area (Å²) >= 11 is 1.66. The number of ether oxygens (including phenoxy) is 1. The minimum atomic E-state index is -1.42. The van der Waals surface area contributed by atoms with Gasteiger partial charge in [-0.15, -0.1) is 11.8 Å². The monoisotopic (exact) mass is 403 g/mol. The van der Waals surface area contributed by atoms with Crippen molar-refractivity contribution in [1.82, 2.24) is 4.31 Å². The Labute approximate surface area is 167 Å². The Hall–Kier alpha value is -1.63. The maximum Gasteiger partial charge on any atom is 0.326 e. The van der Waals surface area contributed by atoms with E-state index in [1.54, 1.807) is 16.1 Å². The number of aryl methyl sites for hydroxylation is 1. The molecule has 1 heterocycles. The molecule has 0 bridgehead atoms. The van der Waals surface area contributed by atoms with Crippen LogP contribution in [-0.4, -0.2) is 32.4 Å². The van der Waals surface area contributed by atoms with E-state index in [2.05, 4.69) is 0 Å². The van der Waals surface area contributed by atoms with Crippen molar-refractivity contribution in [3.63, 3.8) is 0 Å². The number of esters is 1. The van der Waals surface area contributed by atoms with Gasteiger partial charge in [0.15, 0.2) is 0 Å². The van der Waals surface area contributed by atoms with Gasteiger partial charge in [-0.3, -0.25) is 4.79 Å². The van der Waals surface area contributed by atoms with Crippen molar-refractivity contribution in [2.24, 2.45) is 0 Å². The van der Waals surface area contributed by atoms with E-state index in [1.807, 2.05) is 82.5 Å². The lowest BCUT2D eigenvalue weighted by molar-refractivity contribution is -0.154. The predicted octanol–water partition coefficient (Wildman–Crippen LogP) is 4.51. The maximum atomic E-state index is 13.1. The normalized spacial score (nSPS) is 22.9. The highest BCUT2D eigenvalue weighted by Crippen LogP contribution is 2.47. The van der Waals surface area contributed by atoms with E-state index in [1.165, 1.54) is 0 Å². The number of thioether (sulfide) groups is 1. The highest BCUT2D eigenvalue weighted by atomic mass is 32.2. The Morgan fingerprint density at radius 3 is 2.19 bits per heavy atom. The fourth-order valence-corrected chi connectivity index (χ4v) is 4.74. The summed E-state index contributed by atoms with van der Waals surface area (Å²) in [5.74, 6) is -0.332. The number of hydrogen-bond acceptors (Lipinski definition) is 4. The van der Waals surface area contributed by atoms with E-state index < -0.39 is 22.6 Å². The van der Waals surface area contributed by atoms with Gasteiger partial charge in [0.25, 0.3) is 0 Å². The van der Waals surface area contributed by atoms with Crippen LogP contribution in [0.1, 0.15) is 37.9 Å². The second-order valence-corrected chi connectivity index (χ2v) is 9.89. The van der Waals surface area contributed by atoms with E-state index in [0.717, 1.165) is 16.0 Å². The van der Waals surface area contributed by atoms with E-state index in [9.17, 15) is 9.00 Å². The molecule has 6 heteroatoms. The van der Waals surface area contributed by atoms with Crippen molar-refractivity contribution in [2.45, 2.75) is 55.2 Å². The van der Waals surface area contributed by atoms with Gasteiger partial charge in [-0.25, -0.2) is 4.21 Å². The summed E-state index contributed by atoms with van der Waals surface area (Å²) in [4.78, 5) is 14.6. The van der Waals surface area contributed by atoms with Crippen LogP contribution in [0.25, 0.3) is 0 Å². The minimum Gasteiger partial charge on any atom is -0.459 e. The second-order valence-electron chi connectivity index (χ2n) is 7.62. The summed E-state index contributed by atoms with van der Waals surface area (Å²) in [6.07, 6.45) is 2.02. The molecule has 144 valence electrons. The SMILES string of the molecule is CSc1ccc([C@@H]2[C@@H](C(=O)OC(C)(C)C)N2S(=O)c2ccc(C)cc2)cc1.